The predicted molar refractivity (Wildman–Crippen MR) is 76.5 cm³/mol. The van der Waals surface area contributed by atoms with E-state index in [0.29, 0.717) is 17.5 Å². The number of halogens is 1. The molecule has 1 heterocycles. The van der Waals surface area contributed by atoms with Crippen LogP contribution in [0, 0.1) is 5.82 Å². The largest absolute Gasteiger partial charge is 0.497 e. The molecule has 0 radical (unpaired) electrons. The Morgan fingerprint density at radius 3 is 3.05 bits per heavy atom. The van der Waals surface area contributed by atoms with Gasteiger partial charge in [0, 0.05) is 25.2 Å². The van der Waals surface area contributed by atoms with Crippen LogP contribution in [0.3, 0.4) is 0 Å². The van der Waals surface area contributed by atoms with Crippen LogP contribution in [0.5, 0.6) is 5.75 Å². The molecule has 0 aromatic heterocycles. The summed E-state index contributed by atoms with van der Waals surface area (Å²) in [5.74, 6) is 0.539. The number of hydrogen-bond donors (Lipinski definition) is 1. The second-order valence-electron chi connectivity index (χ2n) is 5.06. The van der Waals surface area contributed by atoms with Crippen molar-refractivity contribution in [2.75, 3.05) is 31.6 Å². The third-order valence-corrected chi connectivity index (χ3v) is 3.60. The SMILES string of the molecule is CCCNC1CCCN(c2cc(OC)ccc2F)C1. The smallest absolute Gasteiger partial charge is 0.146 e. The molecule has 19 heavy (non-hydrogen) atoms. The number of methoxy groups -OCH3 is 1. The molecular weight excluding hydrogens is 243 g/mol. The summed E-state index contributed by atoms with van der Waals surface area (Å²) in [6, 6.07) is 5.39. The minimum absolute atomic E-state index is 0.169. The summed E-state index contributed by atoms with van der Waals surface area (Å²) in [7, 11) is 1.61. The fourth-order valence-electron chi connectivity index (χ4n) is 2.57. The van der Waals surface area contributed by atoms with E-state index in [1.807, 2.05) is 0 Å². The van der Waals surface area contributed by atoms with E-state index in [4.69, 9.17) is 4.74 Å². The van der Waals surface area contributed by atoms with E-state index in [0.717, 1.165) is 32.5 Å². The maximum absolute atomic E-state index is 14.0. The van der Waals surface area contributed by atoms with E-state index in [2.05, 4.69) is 17.1 Å². The molecule has 1 N–H and O–H groups in total. The molecule has 0 aliphatic carbocycles. The van der Waals surface area contributed by atoms with Gasteiger partial charge in [-0.3, -0.25) is 0 Å². The van der Waals surface area contributed by atoms with Crippen molar-refractivity contribution < 1.29 is 9.13 Å². The highest BCUT2D eigenvalue weighted by Crippen LogP contribution is 2.27. The zero-order valence-corrected chi connectivity index (χ0v) is 11.8. The topological polar surface area (TPSA) is 24.5 Å². The monoisotopic (exact) mass is 266 g/mol. The molecule has 1 atom stereocenters. The third-order valence-electron chi connectivity index (χ3n) is 3.60. The molecule has 1 aliphatic heterocycles. The van der Waals surface area contributed by atoms with Crippen LogP contribution in [0.15, 0.2) is 18.2 Å². The van der Waals surface area contributed by atoms with Crippen LogP contribution < -0.4 is 15.0 Å². The Kier molecular flexibility index (Phi) is 5.02. The van der Waals surface area contributed by atoms with Crippen LogP contribution >= 0.6 is 0 Å². The van der Waals surface area contributed by atoms with Crippen molar-refractivity contribution in [1.82, 2.24) is 5.32 Å². The number of nitrogens with zero attached hydrogens (tertiary/aromatic N) is 1. The molecule has 106 valence electrons. The summed E-state index contributed by atoms with van der Waals surface area (Å²) in [5.41, 5.74) is 0.655. The number of ether oxygens (including phenoxy) is 1. The van der Waals surface area contributed by atoms with Crippen molar-refractivity contribution in [2.24, 2.45) is 0 Å². The van der Waals surface area contributed by atoms with Crippen molar-refractivity contribution in [1.29, 1.82) is 0 Å². The second kappa shape index (κ2) is 6.75. The molecule has 4 heteroatoms. The van der Waals surface area contributed by atoms with E-state index in [-0.39, 0.29) is 5.82 Å². The van der Waals surface area contributed by atoms with Gasteiger partial charge < -0.3 is 15.0 Å². The van der Waals surface area contributed by atoms with Crippen LogP contribution in [0.25, 0.3) is 0 Å². The van der Waals surface area contributed by atoms with Gasteiger partial charge >= 0.3 is 0 Å². The summed E-state index contributed by atoms with van der Waals surface area (Å²) >= 11 is 0. The van der Waals surface area contributed by atoms with Gasteiger partial charge in [0.15, 0.2) is 0 Å². The highest BCUT2D eigenvalue weighted by Gasteiger charge is 2.21. The van der Waals surface area contributed by atoms with E-state index < -0.39 is 0 Å². The molecular formula is C15H23FN2O. The van der Waals surface area contributed by atoms with Gasteiger partial charge in [0.25, 0.3) is 0 Å². The van der Waals surface area contributed by atoms with Gasteiger partial charge in [-0.05, 0) is 37.9 Å². The Balaban J connectivity index is 2.08. The minimum atomic E-state index is -0.169. The van der Waals surface area contributed by atoms with Gasteiger partial charge in [0.2, 0.25) is 0 Å². The first-order chi connectivity index (χ1) is 9.24. The molecule has 2 rings (SSSR count). The molecule has 0 amide bonds. The summed E-state index contributed by atoms with van der Waals surface area (Å²) < 4.78 is 19.1. The average Bonchev–Trinajstić information content (AvgIpc) is 2.46. The molecule has 1 aromatic rings. The lowest BCUT2D eigenvalue weighted by molar-refractivity contribution is 0.408. The number of nitrogens with one attached hydrogen (secondary N) is 1. The van der Waals surface area contributed by atoms with Crippen LogP contribution in [-0.4, -0.2) is 32.8 Å². The van der Waals surface area contributed by atoms with Crippen LogP contribution in [0.2, 0.25) is 0 Å². The molecule has 1 fully saturated rings. The van der Waals surface area contributed by atoms with Gasteiger partial charge in [0.05, 0.1) is 12.8 Å². The van der Waals surface area contributed by atoms with E-state index in [1.165, 1.54) is 12.5 Å². The van der Waals surface area contributed by atoms with Crippen molar-refractivity contribution in [2.45, 2.75) is 32.2 Å². The lowest BCUT2D eigenvalue weighted by Crippen LogP contribution is -2.46. The molecule has 1 saturated heterocycles. The van der Waals surface area contributed by atoms with Crippen molar-refractivity contribution in [3.63, 3.8) is 0 Å². The Labute approximate surface area is 114 Å². The number of piperidine rings is 1. The maximum atomic E-state index is 14.0. The van der Waals surface area contributed by atoms with Gasteiger partial charge in [-0.15, -0.1) is 0 Å². The maximum Gasteiger partial charge on any atom is 0.146 e. The van der Waals surface area contributed by atoms with Crippen LogP contribution in [-0.2, 0) is 0 Å². The Hall–Kier alpha value is -1.29. The Morgan fingerprint density at radius 1 is 1.47 bits per heavy atom. The molecule has 0 saturated carbocycles. The first kappa shape index (κ1) is 14.1. The highest BCUT2D eigenvalue weighted by atomic mass is 19.1. The second-order valence-corrected chi connectivity index (χ2v) is 5.06. The highest BCUT2D eigenvalue weighted by molar-refractivity contribution is 5.52. The van der Waals surface area contributed by atoms with Crippen molar-refractivity contribution >= 4 is 5.69 Å². The molecule has 0 bridgehead atoms. The number of benzene rings is 1. The van der Waals surface area contributed by atoms with Crippen LogP contribution in [0.4, 0.5) is 10.1 Å². The van der Waals surface area contributed by atoms with E-state index >= 15 is 0 Å². The zero-order valence-electron chi connectivity index (χ0n) is 11.8. The van der Waals surface area contributed by atoms with Gasteiger partial charge in [-0.2, -0.15) is 0 Å². The fraction of sp³-hybridized carbons (Fsp3) is 0.600. The molecule has 3 nitrogen and oxygen atoms in total. The van der Waals surface area contributed by atoms with E-state index in [9.17, 15) is 4.39 Å². The van der Waals surface area contributed by atoms with Crippen LogP contribution in [0.1, 0.15) is 26.2 Å². The first-order valence-electron chi connectivity index (χ1n) is 7.06. The Morgan fingerprint density at radius 2 is 2.32 bits per heavy atom. The number of hydrogen-bond acceptors (Lipinski definition) is 3. The van der Waals surface area contributed by atoms with Crippen molar-refractivity contribution in [3.8, 4) is 5.75 Å². The number of rotatable bonds is 5. The minimum Gasteiger partial charge on any atom is -0.497 e. The summed E-state index contributed by atoms with van der Waals surface area (Å²) in [6.07, 6.45) is 3.39. The summed E-state index contributed by atoms with van der Waals surface area (Å²) in [4.78, 5) is 2.12. The average molecular weight is 266 g/mol. The summed E-state index contributed by atoms with van der Waals surface area (Å²) in [5, 5.41) is 3.52. The molecule has 1 unspecified atom stereocenters. The third kappa shape index (κ3) is 3.60. The predicted octanol–water partition coefficient (Wildman–Crippen LogP) is 2.80. The lowest BCUT2D eigenvalue weighted by atomic mass is 10.0. The molecule has 1 aliphatic rings. The Bertz CT molecular complexity index is 411. The standard InChI is InChI=1S/C15H23FN2O/c1-3-8-17-12-5-4-9-18(11-12)15-10-13(19-2)6-7-14(15)16/h6-7,10,12,17H,3-5,8-9,11H2,1-2H3. The van der Waals surface area contributed by atoms with Crippen molar-refractivity contribution in [3.05, 3.63) is 24.0 Å². The quantitative estimate of drug-likeness (QED) is 0.887. The van der Waals surface area contributed by atoms with Gasteiger partial charge in [-0.1, -0.05) is 6.92 Å². The number of anilines is 1. The summed E-state index contributed by atoms with van der Waals surface area (Å²) in [6.45, 7) is 4.97. The molecule has 1 aromatic carbocycles. The fourth-order valence-corrected chi connectivity index (χ4v) is 2.57. The van der Waals surface area contributed by atoms with Gasteiger partial charge in [-0.25, -0.2) is 4.39 Å². The lowest BCUT2D eigenvalue weighted by Gasteiger charge is -2.35. The first-order valence-corrected chi connectivity index (χ1v) is 7.06. The van der Waals surface area contributed by atoms with Gasteiger partial charge in [0.1, 0.15) is 11.6 Å². The normalized spacial score (nSPS) is 19.5. The van der Waals surface area contributed by atoms with E-state index in [1.54, 1.807) is 19.2 Å². The molecule has 0 spiro atoms. The zero-order chi connectivity index (χ0) is 13.7.